The van der Waals surface area contributed by atoms with Crippen molar-refractivity contribution in [1.29, 1.82) is 0 Å². The van der Waals surface area contributed by atoms with Gasteiger partial charge in [-0.05, 0) is 49.1 Å². The molecule has 1 N–H and O–H groups in total. The highest BCUT2D eigenvalue weighted by Crippen LogP contribution is 2.24. The number of methoxy groups -OCH3 is 1. The van der Waals surface area contributed by atoms with Crippen LogP contribution in [0.2, 0.25) is 10.0 Å². The van der Waals surface area contributed by atoms with Gasteiger partial charge in [0.1, 0.15) is 5.75 Å². The van der Waals surface area contributed by atoms with E-state index >= 15 is 0 Å². The largest absolute Gasteiger partial charge is 0.497 e. The molecule has 0 aliphatic heterocycles. The molecule has 0 saturated heterocycles. The molecule has 6 heteroatoms. The van der Waals surface area contributed by atoms with E-state index in [-0.39, 0.29) is 5.91 Å². The first-order valence-electron chi connectivity index (χ1n) is 7.90. The second-order valence-electron chi connectivity index (χ2n) is 5.58. The summed E-state index contributed by atoms with van der Waals surface area (Å²) in [5.41, 5.74) is 5.53. The van der Waals surface area contributed by atoms with Crippen molar-refractivity contribution in [2.45, 2.75) is 26.2 Å². The van der Waals surface area contributed by atoms with Crippen LogP contribution in [0.15, 0.2) is 41.5 Å². The lowest BCUT2D eigenvalue weighted by Gasteiger charge is -2.07. The molecule has 4 nitrogen and oxygen atoms in total. The summed E-state index contributed by atoms with van der Waals surface area (Å²) >= 11 is 12.0. The predicted molar refractivity (Wildman–Crippen MR) is 103 cm³/mol. The topological polar surface area (TPSA) is 50.7 Å². The summed E-state index contributed by atoms with van der Waals surface area (Å²) in [6, 6.07) is 11.2. The standard InChI is InChI=1S/C19H20Cl2N2O2/c1-13-11-16(25-2)10-9-14(13)5-4-8-18(24)23-22-12-15-6-3-7-17(20)19(15)21/h3,6-7,9-12H,4-5,8H2,1-2H3,(H,23,24)/b22-12-. The molecule has 0 heterocycles. The van der Waals surface area contributed by atoms with E-state index in [2.05, 4.69) is 10.5 Å². The minimum absolute atomic E-state index is 0.138. The monoisotopic (exact) mass is 378 g/mol. The van der Waals surface area contributed by atoms with E-state index in [0.29, 0.717) is 22.0 Å². The van der Waals surface area contributed by atoms with Gasteiger partial charge in [0.05, 0.1) is 23.4 Å². The quantitative estimate of drug-likeness (QED) is 0.556. The van der Waals surface area contributed by atoms with Crippen LogP contribution in [0.3, 0.4) is 0 Å². The Morgan fingerprint density at radius 3 is 2.80 bits per heavy atom. The molecule has 0 bridgehead atoms. The van der Waals surface area contributed by atoms with Crippen LogP contribution in [0.25, 0.3) is 0 Å². The first kappa shape index (κ1) is 19.3. The summed E-state index contributed by atoms with van der Waals surface area (Å²) in [5.74, 6) is 0.702. The van der Waals surface area contributed by atoms with E-state index < -0.39 is 0 Å². The van der Waals surface area contributed by atoms with E-state index in [9.17, 15) is 4.79 Å². The summed E-state index contributed by atoms with van der Waals surface area (Å²) in [6.07, 6.45) is 3.45. The number of amides is 1. The maximum absolute atomic E-state index is 11.9. The van der Waals surface area contributed by atoms with Crippen molar-refractivity contribution in [2.24, 2.45) is 5.10 Å². The van der Waals surface area contributed by atoms with E-state index in [4.69, 9.17) is 27.9 Å². The van der Waals surface area contributed by atoms with Crippen molar-refractivity contribution < 1.29 is 9.53 Å². The number of carbonyl (C=O) groups excluding carboxylic acids is 1. The molecule has 0 saturated carbocycles. The number of benzene rings is 2. The van der Waals surface area contributed by atoms with Crippen molar-refractivity contribution in [3.63, 3.8) is 0 Å². The Labute approximate surface area is 157 Å². The Morgan fingerprint density at radius 1 is 1.28 bits per heavy atom. The minimum Gasteiger partial charge on any atom is -0.497 e. The molecule has 0 fully saturated rings. The van der Waals surface area contributed by atoms with Gasteiger partial charge in [0.2, 0.25) is 5.91 Å². The predicted octanol–water partition coefficient (Wildman–Crippen LogP) is 4.78. The Bertz CT molecular complexity index is 776. The highest BCUT2D eigenvalue weighted by Gasteiger charge is 2.05. The van der Waals surface area contributed by atoms with Crippen LogP contribution in [0.5, 0.6) is 5.75 Å². The van der Waals surface area contributed by atoms with Crippen molar-refractivity contribution in [3.05, 3.63) is 63.1 Å². The van der Waals surface area contributed by atoms with Gasteiger partial charge in [-0.2, -0.15) is 5.10 Å². The lowest BCUT2D eigenvalue weighted by Crippen LogP contribution is -2.17. The number of rotatable bonds is 7. The van der Waals surface area contributed by atoms with Crippen LogP contribution in [0, 0.1) is 6.92 Å². The second kappa shape index (κ2) is 9.44. The van der Waals surface area contributed by atoms with Gasteiger partial charge in [0.15, 0.2) is 0 Å². The highest BCUT2D eigenvalue weighted by molar-refractivity contribution is 6.43. The molecule has 0 spiro atoms. The van der Waals surface area contributed by atoms with Gasteiger partial charge in [0.25, 0.3) is 0 Å². The molecule has 132 valence electrons. The zero-order valence-corrected chi connectivity index (χ0v) is 15.7. The van der Waals surface area contributed by atoms with Crippen LogP contribution >= 0.6 is 23.2 Å². The van der Waals surface area contributed by atoms with Crippen molar-refractivity contribution in [1.82, 2.24) is 5.43 Å². The molecule has 2 aromatic rings. The fourth-order valence-electron chi connectivity index (χ4n) is 2.37. The third-order valence-corrected chi connectivity index (χ3v) is 4.61. The molecule has 0 aromatic heterocycles. The lowest BCUT2D eigenvalue weighted by atomic mass is 10.0. The summed E-state index contributed by atoms with van der Waals surface area (Å²) in [4.78, 5) is 11.9. The minimum atomic E-state index is -0.138. The second-order valence-corrected chi connectivity index (χ2v) is 6.37. The van der Waals surface area contributed by atoms with Crippen LogP contribution in [-0.4, -0.2) is 19.2 Å². The van der Waals surface area contributed by atoms with Crippen LogP contribution in [-0.2, 0) is 11.2 Å². The smallest absolute Gasteiger partial charge is 0.240 e. The number of carbonyl (C=O) groups is 1. The molecule has 25 heavy (non-hydrogen) atoms. The number of aryl methyl sites for hydroxylation is 2. The average molecular weight is 379 g/mol. The molecule has 0 atom stereocenters. The molecule has 0 radical (unpaired) electrons. The Balaban J connectivity index is 1.79. The average Bonchev–Trinajstić information content (AvgIpc) is 2.60. The highest BCUT2D eigenvalue weighted by atomic mass is 35.5. The maximum Gasteiger partial charge on any atom is 0.240 e. The van der Waals surface area contributed by atoms with Gasteiger partial charge >= 0.3 is 0 Å². The number of halogens is 2. The van der Waals surface area contributed by atoms with E-state index in [0.717, 1.165) is 24.2 Å². The Hall–Kier alpha value is -2.04. The van der Waals surface area contributed by atoms with Crippen LogP contribution < -0.4 is 10.2 Å². The number of hydrogen-bond acceptors (Lipinski definition) is 3. The Morgan fingerprint density at radius 2 is 2.08 bits per heavy atom. The number of nitrogens with one attached hydrogen (secondary N) is 1. The van der Waals surface area contributed by atoms with Crippen LogP contribution in [0.4, 0.5) is 0 Å². The third-order valence-electron chi connectivity index (χ3n) is 3.77. The van der Waals surface area contributed by atoms with Crippen molar-refractivity contribution in [2.75, 3.05) is 7.11 Å². The summed E-state index contributed by atoms with van der Waals surface area (Å²) in [5, 5.41) is 4.79. The number of ether oxygens (including phenoxy) is 1. The maximum atomic E-state index is 11.9. The van der Waals surface area contributed by atoms with E-state index in [1.807, 2.05) is 25.1 Å². The van der Waals surface area contributed by atoms with Gasteiger partial charge in [-0.1, -0.05) is 41.4 Å². The summed E-state index contributed by atoms with van der Waals surface area (Å²) < 4.78 is 5.19. The lowest BCUT2D eigenvalue weighted by molar-refractivity contribution is -0.121. The fourth-order valence-corrected chi connectivity index (χ4v) is 2.72. The van der Waals surface area contributed by atoms with Gasteiger partial charge in [-0.3, -0.25) is 4.79 Å². The number of hydrazone groups is 1. The molecular formula is C19H20Cl2N2O2. The van der Waals surface area contributed by atoms with Crippen LogP contribution in [0.1, 0.15) is 29.5 Å². The molecule has 0 aliphatic rings. The number of nitrogens with zero attached hydrogens (tertiary/aromatic N) is 1. The molecule has 1 amide bonds. The molecular weight excluding hydrogens is 359 g/mol. The normalized spacial score (nSPS) is 10.9. The molecule has 2 rings (SSSR count). The summed E-state index contributed by atoms with van der Waals surface area (Å²) in [7, 11) is 1.65. The molecule has 0 aliphatic carbocycles. The van der Waals surface area contributed by atoms with Gasteiger partial charge < -0.3 is 4.74 Å². The van der Waals surface area contributed by atoms with E-state index in [1.165, 1.54) is 11.8 Å². The van der Waals surface area contributed by atoms with Crippen molar-refractivity contribution in [3.8, 4) is 5.75 Å². The first-order valence-corrected chi connectivity index (χ1v) is 8.66. The SMILES string of the molecule is COc1ccc(CCCC(=O)N/N=C\c2cccc(Cl)c2Cl)c(C)c1. The van der Waals surface area contributed by atoms with Gasteiger partial charge in [-0.25, -0.2) is 5.43 Å². The van der Waals surface area contributed by atoms with Gasteiger partial charge in [-0.15, -0.1) is 0 Å². The molecule has 2 aromatic carbocycles. The van der Waals surface area contributed by atoms with E-state index in [1.54, 1.807) is 25.3 Å². The molecule has 0 unspecified atom stereocenters. The summed E-state index contributed by atoms with van der Waals surface area (Å²) in [6.45, 7) is 2.04. The zero-order chi connectivity index (χ0) is 18.2. The Kier molecular flexibility index (Phi) is 7.29. The third kappa shape index (κ3) is 5.76. The zero-order valence-electron chi connectivity index (χ0n) is 14.2. The van der Waals surface area contributed by atoms with Gasteiger partial charge in [0, 0.05) is 12.0 Å². The fraction of sp³-hybridized carbons (Fsp3) is 0.263. The van der Waals surface area contributed by atoms with Crippen molar-refractivity contribution >= 4 is 35.3 Å². The first-order chi connectivity index (χ1) is 12.0. The number of hydrogen-bond donors (Lipinski definition) is 1.